The highest BCUT2D eigenvalue weighted by molar-refractivity contribution is 9.10. The summed E-state index contributed by atoms with van der Waals surface area (Å²) in [6.45, 7) is 0.0650. The van der Waals surface area contributed by atoms with Crippen molar-refractivity contribution in [1.82, 2.24) is 0 Å². The fraction of sp³-hybridized carbons (Fsp3) is 0.231. The Morgan fingerprint density at radius 3 is 2.53 bits per heavy atom. The van der Waals surface area contributed by atoms with Crippen molar-refractivity contribution >= 4 is 15.9 Å². The van der Waals surface area contributed by atoms with Crippen molar-refractivity contribution in [3.8, 4) is 11.3 Å². The molecule has 0 aliphatic carbocycles. The van der Waals surface area contributed by atoms with Gasteiger partial charge in [-0.05, 0) is 30.7 Å². The molecule has 1 atom stereocenters. The molecule has 1 aromatic heterocycles. The molecule has 0 aliphatic rings. The van der Waals surface area contributed by atoms with Crippen LogP contribution in [0.4, 0.5) is 0 Å². The fourth-order valence-corrected chi connectivity index (χ4v) is 1.87. The van der Waals surface area contributed by atoms with Gasteiger partial charge in [0.2, 0.25) is 0 Å². The van der Waals surface area contributed by atoms with E-state index in [1.807, 2.05) is 36.4 Å². The topological polar surface area (TPSA) is 59.4 Å². The van der Waals surface area contributed by atoms with Crippen molar-refractivity contribution in [2.45, 2.75) is 12.5 Å². The zero-order valence-corrected chi connectivity index (χ0v) is 10.9. The van der Waals surface area contributed by atoms with Gasteiger partial charge in [0.1, 0.15) is 11.5 Å². The first-order chi connectivity index (χ1) is 8.20. The zero-order chi connectivity index (χ0) is 12.3. The lowest BCUT2D eigenvalue weighted by Gasteiger charge is -2.05. The predicted molar refractivity (Wildman–Crippen MR) is 70.5 cm³/mol. The molecule has 0 amide bonds. The molecule has 1 heterocycles. The standard InChI is InChI=1S/C13H14BrNO2/c14-10-3-1-9(2-4-10)12-5-6-13(17-12)11(15)7-8-16/h1-6,11,16H,7-8,15H2. The number of nitrogens with two attached hydrogens (primary N) is 1. The predicted octanol–water partition coefficient (Wildman–Crippen LogP) is 3.09. The molecule has 0 saturated carbocycles. The van der Waals surface area contributed by atoms with Crippen molar-refractivity contribution in [1.29, 1.82) is 0 Å². The number of hydrogen-bond acceptors (Lipinski definition) is 3. The van der Waals surface area contributed by atoms with Crippen molar-refractivity contribution < 1.29 is 9.52 Å². The molecule has 4 heteroatoms. The Bertz CT molecular complexity index is 478. The summed E-state index contributed by atoms with van der Waals surface area (Å²) in [5.74, 6) is 1.50. The maximum atomic E-state index is 8.83. The molecule has 0 aliphatic heterocycles. The minimum atomic E-state index is -0.246. The molecule has 1 aromatic carbocycles. The first-order valence-electron chi connectivity index (χ1n) is 5.43. The van der Waals surface area contributed by atoms with Gasteiger partial charge in [-0.3, -0.25) is 0 Å². The monoisotopic (exact) mass is 295 g/mol. The zero-order valence-electron chi connectivity index (χ0n) is 9.27. The van der Waals surface area contributed by atoms with Gasteiger partial charge in [-0.2, -0.15) is 0 Å². The van der Waals surface area contributed by atoms with Crippen LogP contribution in [0.15, 0.2) is 45.3 Å². The number of aliphatic hydroxyl groups is 1. The second-order valence-electron chi connectivity index (χ2n) is 3.83. The van der Waals surface area contributed by atoms with Crippen molar-refractivity contribution in [2.24, 2.45) is 5.73 Å². The van der Waals surface area contributed by atoms with Crippen LogP contribution < -0.4 is 5.73 Å². The average Bonchev–Trinajstić information content (AvgIpc) is 2.80. The van der Waals surface area contributed by atoms with Gasteiger partial charge >= 0.3 is 0 Å². The minimum Gasteiger partial charge on any atom is -0.459 e. The van der Waals surface area contributed by atoms with E-state index in [0.29, 0.717) is 12.2 Å². The summed E-state index contributed by atoms with van der Waals surface area (Å²) in [5.41, 5.74) is 6.87. The van der Waals surface area contributed by atoms with Gasteiger partial charge in [-0.1, -0.05) is 28.1 Å². The Morgan fingerprint density at radius 1 is 1.18 bits per heavy atom. The first kappa shape index (κ1) is 12.4. The van der Waals surface area contributed by atoms with Crippen molar-refractivity contribution in [2.75, 3.05) is 6.61 Å². The van der Waals surface area contributed by atoms with Gasteiger partial charge in [-0.25, -0.2) is 0 Å². The van der Waals surface area contributed by atoms with Gasteiger partial charge in [0.15, 0.2) is 0 Å². The molecule has 1 unspecified atom stereocenters. The Labute approximate surface area is 108 Å². The third kappa shape index (κ3) is 2.97. The molecule has 2 aromatic rings. The molecule has 90 valence electrons. The van der Waals surface area contributed by atoms with E-state index in [1.165, 1.54) is 0 Å². The maximum Gasteiger partial charge on any atom is 0.134 e. The Kier molecular flexibility index (Phi) is 3.99. The van der Waals surface area contributed by atoms with Crippen LogP contribution in [0.3, 0.4) is 0 Å². The molecule has 3 nitrogen and oxygen atoms in total. The molecule has 17 heavy (non-hydrogen) atoms. The fourth-order valence-electron chi connectivity index (χ4n) is 1.60. The lowest BCUT2D eigenvalue weighted by Crippen LogP contribution is -2.10. The van der Waals surface area contributed by atoms with Crippen LogP contribution in [0, 0.1) is 0 Å². The van der Waals surface area contributed by atoms with Gasteiger partial charge in [-0.15, -0.1) is 0 Å². The Hall–Kier alpha value is -1.10. The lowest BCUT2D eigenvalue weighted by atomic mass is 10.2. The second-order valence-corrected chi connectivity index (χ2v) is 4.74. The summed E-state index contributed by atoms with van der Waals surface area (Å²) < 4.78 is 6.70. The number of aliphatic hydroxyl groups excluding tert-OH is 1. The summed E-state index contributed by atoms with van der Waals surface area (Å²) in [7, 11) is 0. The van der Waals surface area contributed by atoms with Crippen molar-refractivity contribution in [3.05, 3.63) is 46.6 Å². The smallest absolute Gasteiger partial charge is 0.134 e. The highest BCUT2D eigenvalue weighted by atomic mass is 79.9. The van der Waals surface area contributed by atoms with Crippen LogP contribution in [0.2, 0.25) is 0 Å². The third-order valence-electron chi connectivity index (χ3n) is 2.56. The van der Waals surface area contributed by atoms with E-state index in [1.54, 1.807) is 0 Å². The van der Waals surface area contributed by atoms with Crippen molar-refractivity contribution in [3.63, 3.8) is 0 Å². The molecule has 0 saturated heterocycles. The first-order valence-corrected chi connectivity index (χ1v) is 6.22. The summed E-state index contributed by atoms with van der Waals surface area (Å²) in [5, 5.41) is 8.83. The van der Waals surface area contributed by atoms with E-state index in [2.05, 4.69) is 15.9 Å². The molecule has 0 radical (unpaired) electrons. The molecular weight excluding hydrogens is 282 g/mol. The van der Waals surface area contributed by atoms with E-state index < -0.39 is 0 Å². The summed E-state index contributed by atoms with van der Waals surface area (Å²) in [6, 6.07) is 11.4. The van der Waals surface area contributed by atoms with Crippen LogP contribution in [-0.4, -0.2) is 11.7 Å². The number of hydrogen-bond donors (Lipinski definition) is 2. The molecule has 3 N–H and O–H groups in total. The number of halogens is 1. The average molecular weight is 296 g/mol. The van der Waals surface area contributed by atoms with E-state index in [-0.39, 0.29) is 12.6 Å². The second kappa shape index (κ2) is 5.49. The van der Waals surface area contributed by atoms with Crippen LogP contribution in [-0.2, 0) is 0 Å². The van der Waals surface area contributed by atoms with Gasteiger partial charge in [0.25, 0.3) is 0 Å². The van der Waals surface area contributed by atoms with E-state index in [4.69, 9.17) is 15.3 Å². The van der Waals surface area contributed by atoms with Crippen LogP contribution in [0.25, 0.3) is 11.3 Å². The Morgan fingerprint density at radius 2 is 1.88 bits per heavy atom. The highest BCUT2D eigenvalue weighted by Gasteiger charge is 2.11. The van der Waals surface area contributed by atoms with Crippen LogP contribution >= 0.6 is 15.9 Å². The normalized spacial score (nSPS) is 12.6. The molecule has 2 rings (SSSR count). The van der Waals surface area contributed by atoms with E-state index >= 15 is 0 Å². The van der Waals surface area contributed by atoms with E-state index in [9.17, 15) is 0 Å². The highest BCUT2D eigenvalue weighted by Crippen LogP contribution is 2.26. The van der Waals surface area contributed by atoms with Gasteiger partial charge in [0, 0.05) is 16.6 Å². The summed E-state index contributed by atoms with van der Waals surface area (Å²) in [6.07, 6.45) is 0.507. The maximum absolute atomic E-state index is 8.83. The van der Waals surface area contributed by atoms with Gasteiger partial charge in [0.05, 0.1) is 6.04 Å². The number of furan rings is 1. The van der Waals surface area contributed by atoms with Crippen LogP contribution in [0.1, 0.15) is 18.2 Å². The Balaban J connectivity index is 2.20. The molecule has 0 fully saturated rings. The summed E-state index contributed by atoms with van der Waals surface area (Å²) in [4.78, 5) is 0. The van der Waals surface area contributed by atoms with E-state index in [0.717, 1.165) is 15.8 Å². The lowest BCUT2D eigenvalue weighted by molar-refractivity contribution is 0.269. The van der Waals surface area contributed by atoms with Gasteiger partial charge < -0.3 is 15.3 Å². The minimum absolute atomic E-state index is 0.0650. The summed E-state index contributed by atoms with van der Waals surface area (Å²) >= 11 is 3.39. The quantitative estimate of drug-likeness (QED) is 0.911. The molecule has 0 spiro atoms. The number of benzene rings is 1. The number of rotatable bonds is 4. The van der Waals surface area contributed by atoms with Crippen LogP contribution in [0.5, 0.6) is 0 Å². The molecular formula is C13H14BrNO2. The molecule has 0 bridgehead atoms. The largest absolute Gasteiger partial charge is 0.459 e. The SMILES string of the molecule is NC(CCO)c1ccc(-c2ccc(Br)cc2)o1. The third-order valence-corrected chi connectivity index (χ3v) is 3.09.